The Morgan fingerprint density at radius 3 is 2.53 bits per heavy atom. The molecule has 162 valence electrons. The van der Waals surface area contributed by atoms with Crippen LogP contribution in [-0.4, -0.2) is 56.3 Å². The van der Waals surface area contributed by atoms with Crippen molar-refractivity contribution in [2.75, 3.05) is 26.2 Å². The van der Waals surface area contributed by atoms with E-state index in [0.717, 1.165) is 35.0 Å². The first-order valence-corrected chi connectivity index (χ1v) is 11.4. The number of thiazole rings is 1. The Labute approximate surface area is 189 Å². The van der Waals surface area contributed by atoms with Crippen molar-refractivity contribution in [2.24, 2.45) is 0 Å². The predicted molar refractivity (Wildman–Crippen MR) is 125 cm³/mol. The zero-order chi connectivity index (χ0) is 22.1. The van der Waals surface area contributed by atoms with Gasteiger partial charge in [-0.1, -0.05) is 36.4 Å². The molecule has 1 fully saturated rings. The van der Waals surface area contributed by atoms with Gasteiger partial charge in [0.05, 0.1) is 16.4 Å². The molecular formula is C24H23N5O2S. The molecule has 1 aromatic carbocycles. The second-order valence-corrected chi connectivity index (χ2v) is 9.06. The number of pyridine rings is 1. The van der Waals surface area contributed by atoms with Crippen LogP contribution in [0.5, 0.6) is 0 Å². The van der Waals surface area contributed by atoms with E-state index in [4.69, 9.17) is 0 Å². The summed E-state index contributed by atoms with van der Waals surface area (Å²) in [5.41, 5.74) is 3.06. The zero-order valence-corrected chi connectivity index (χ0v) is 18.6. The average Bonchev–Trinajstić information content (AvgIpc) is 3.21. The van der Waals surface area contributed by atoms with Crippen molar-refractivity contribution < 1.29 is 4.79 Å². The minimum atomic E-state index is -0.0755. The van der Waals surface area contributed by atoms with Crippen LogP contribution in [-0.2, 0) is 6.54 Å². The van der Waals surface area contributed by atoms with Crippen molar-refractivity contribution in [3.63, 3.8) is 0 Å². The highest BCUT2D eigenvalue weighted by Crippen LogP contribution is 2.29. The summed E-state index contributed by atoms with van der Waals surface area (Å²) in [5, 5.41) is 0.888. The standard InChI is InChI=1S/C24H23N5O2S/c1-17-25-22(18-7-3-2-4-8-18)23(32-17)24(31)28-13-11-27(12-14-28)16-19-15-21(30)29-10-6-5-9-20(29)26-19/h2-10,15H,11-14,16H2,1H3. The van der Waals surface area contributed by atoms with Crippen molar-refractivity contribution in [1.29, 1.82) is 0 Å². The highest BCUT2D eigenvalue weighted by molar-refractivity contribution is 7.14. The summed E-state index contributed by atoms with van der Waals surface area (Å²) in [6.07, 6.45) is 1.73. The van der Waals surface area contributed by atoms with Crippen molar-refractivity contribution in [1.82, 2.24) is 24.2 Å². The Hall–Kier alpha value is -3.36. The van der Waals surface area contributed by atoms with Crippen LogP contribution in [0.3, 0.4) is 0 Å². The number of carbonyl (C=O) groups is 1. The minimum Gasteiger partial charge on any atom is -0.335 e. The molecule has 0 spiro atoms. The van der Waals surface area contributed by atoms with Gasteiger partial charge >= 0.3 is 0 Å². The lowest BCUT2D eigenvalue weighted by molar-refractivity contribution is 0.0632. The number of carbonyl (C=O) groups excluding carboxylic acids is 1. The summed E-state index contributed by atoms with van der Waals surface area (Å²) in [7, 11) is 0. The molecule has 0 bridgehead atoms. The zero-order valence-electron chi connectivity index (χ0n) is 17.8. The van der Waals surface area contributed by atoms with E-state index in [2.05, 4.69) is 14.9 Å². The van der Waals surface area contributed by atoms with Crippen molar-refractivity contribution >= 4 is 22.9 Å². The van der Waals surface area contributed by atoms with E-state index in [1.807, 2.05) is 60.4 Å². The van der Waals surface area contributed by atoms with Gasteiger partial charge in [0.25, 0.3) is 11.5 Å². The number of aromatic nitrogens is 3. The molecule has 4 aromatic rings. The highest BCUT2D eigenvalue weighted by Gasteiger charge is 2.27. The summed E-state index contributed by atoms with van der Waals surface area (Å²) in [6.45, 7) is 5.27. The Bertz CT molecular complexity index is 1320. The molecule has 7 nitrogen and oxygen atoms in total. The number of hydrogen-bond donors (Lipinski definition) is 0. The van der Waals surface area contributed by atoms with Crippen molar-refractivity contribution in [3.8, 4) is 11.3 Å². The van der Waals surface area contributed by atoms with Crippen LogP contribution >= 0.6 is 11.3 Å². The number of nitrogens with zero attached hydrogens (tertiary/aromatic N) is 5. The van der Waals surface area contributed by atoms with Crippen LogP contribution in [0, 0.1) is 6.92 Å². The molecule has 1 saturated heterocycles. The van der Waals surface area contributed by atoms with E-state index >= 15 is 0 Å². The van der Waals surface area contributed by atoms with Gasteiger partial charge in [-0.2, -0.15) is 0 Å². The lowest BCUT2D eigenvalue weighted by Gasteiger charge is -2.34. The van der Waals surface area contributed by atoms with E-state index < -0.39 is 0 Å². The van der Waals surface area contributed by atoms with E-state index in [1.165, 1.54) is 11.3 Å². The minimum absolute atomic E-state index is 0.0381. The van der Waals surface area contributed by atoms with Crippen molar-refractivity contribution in [3.05, 3.63) is 86.7 Å². The van der Waals surface area contributed by atoms with E-state index in [0.29, 0.717) is 30.2 Å². The summed E-state index contributed by atoms with van der Waals surface area (Å²) in [5.74, 6) is 0.0381. The normalized spacial score (nSPS) is 14.7. The number of rotatable bonds is 4. The van der Waals surface area contributed by atoms with Crippen LogP contribution in [0.4, 0.5) is 0 Å². The van der Waals surface area contributed by atoms with Crippen LogP contribution in [0.1, 0.15) is 20.4 Å². The number of benzene rings is 1. The molecule has 4 heterocycles. The first kappa shape index (κ1) is 20.5. The molecule has 1 aliphatic rings. The summed E-state index contributed by atoms with van der Waals surface area (Å²) in [6, 6.07) is 17.0. The molecule has 5 rings (SSSR count). The number of fused-ring (bicyclic) bond motifs is 1. The quantitative estimate of drug-likeness (QED) is 0.483. The molecule has 1 amide bonds. The summed E-state index contributed by atoms with van der Waals surface area (Å²) < 4.78 is 1.54. The smallest absolute Gasteiger partial charge is 0.266 e. The molecule has 0 atom stereocenters. The van der Waals surface area contributed by atoms with Crippen LogP contribution in [0.15, 0.2) is 65.6 Å². The molecule has 0 unspecified atom stereocenters. The maximum atomic E-state index is 13.3. The fraction of sp³-hybridized carbons (Fsp3) is 0.250. The van der Waals surface area contributed by atoms with Crippen LogP contribution in [0.25, 0.3) is 16.9 Å². The Kier molecular flexibility index (Phi) is 5.55. The molecule has 3 aromatic heterocycles. The molecular weight excluding hydrogens is 422 g/mol. The molecule has 1 aliphatic heterocycles. The lowest BCUT2D eigenvalue weighted by Crippen LogP contribution is -2.48. The molecule has 0 aliphatic carbocycles. The summed E-state index contributed by atoms with van der Waals surface area (Å²) >= 11 is 1.45. The third-order valence-corrected chi connectivity index (χ3v) is 6.60. The SMILES string of the molecule is Cc1nc(-c2ccccc2)c(C(=O)N2CCN(Cc3cc(=O)n4ccccc4n3)CC2)s1. The van der Waals surface area contributed by atoms with Gasteiger partial charge in [-0.05, 0) is 19.1 Å². The number of piperazine rings is 1. The maximum Gasteiger partial charge on any atom is 0.266 e. The van der Waals surface area contributed by atoms with Gasteiger partial charge in [-0.15, -0.1) is 11.3 Å². The summed E-state index contributed by atoms with van der Waals surface area (Å²) in [4.78, 5) is 39.7. The average molecular weight is 446 g/mol. The Balaban J connectivity index is 1.28. The number of aryl methyl sites for hydroxylation is 1. The van der Waals surface area contributed by atoms with Gasteiger partial charge in [0.2, 0.25) is 0 Å². The Morgan fingerprint density at radius 2 is 1.75 bits per heavy atom. The van der Waals surface area contributed by atoms with Crippen LogP contribution in [0.2, 0.25) is 0 Å². The fourth-order valence-electron chi connectivity index (χ4n) is 4.03. The molecule has 0 N–H and O–H groups in total. The molecule has 8 heteroatoms. The number of amides is 1. The molecule has 32 heavy (non-hydrogen) atoms. The van der Waals surface area contributed by atoms with Gasteiger partial charge in [-0.25, -0.2) is 9.97 Å². The second-order valence-electron chi connectivity index (χ2n) is 7.86. The van der Waals surface area contributed by atoms with E-state index in [9.17, 15) is 9.59 Å². The first-order valence-electron chi connectivity index (χ1n) is 10.6. The van der Waals surface area contributed by atoms with Gasteiger partial charge in [-0.3, -0.25) is 18.9 Å². The molecule has 0 saturated carbocycles. The van der Waals surface area contributed by atoms with E-state index in [1.54, 1.807) is 16.7 Å². The molecule has 0 radical (unpaired) electrons. The third-order valence-electron chi connectivity index (χ3n) is 5.64. The topological polar surface area (TPSA) is 70.8 Å². The fourth-order valence-corrected chi connectivity index (χ4v) is 4.94. The number of hydrogen-bond acceptors (Lipinski definition) is 6. The predicted octanol–water partition coefficient (Wildman–Crippen LogP) is 3.08. The lowest BCUT2D eigenvalue weighted by atomic mass is 10.1. The largest absolute Gasteiger partial charge is 0.335 e. The maximum absolute atomic E-state index is 13.3. The van der Waals surface area contributed by atoms with Gasteiger partial charge < -0.3 is 4.90 Å². The van der Waals surface area contributed by atoms with Gasteiger partial charge in [0, 0.05) is 50.6 Å². The van der Waals surface area contributed by atoms with Crippen molar-refractivity contribution in [2.45, 2.75) is 13.5 Å². The Morgan fingerprint density at radius 1 is 1.00 bits per heavy atom. The third kappa shape index (κ3) is 4.06. The van der Waals surface area contributed by atoms with Gasteiger partial charge in [0.15, 0.2) is 0 Å². The van der Waals surface area contributed by atoms with E-state index in [-0.39, 0.29) is 11.5 Å². The van der Waals surface area contributed by atoms with Crippen LogP contribution < -0.4 is 5.56 Å². The highest BCUT2D eigenvalue weighted by atomic mass is 32.1. The first-order chi connectivity index (χ1) is 15.6. The second kappa shape index (κ2) is 8.64. The van der Waals surface area contributed by atoms with Gasteiger partial charge in [0.1, 0.15) is 10.5 Å². The monoisotopic (exact) mass is 445 g/mol.